The van der Waals surface area contributed by atoms with E-state index in [4.69, 9.17) is 9.40 Å². The number of aromatic nitrogens is 1. The number of benzene rings is 7. The molecule has 2 heterocycles. The van der Waals surface area contributed by atoms with Crippen molar-refractivity contribution in [2.75, 3.05) is 4.90 Å². The van der Waals surface area contributed by atoms with Gasteiger partial charge in [-0.3, -0.25) is 0 Å². The lowest BCUT2D eigenvalue weighted by atomic mass is 10.00. The van der Waals surface area contributed by atoms with Gasteiger partial charge >= 0.3 is 0 Å². The lowest BCUT2D eigenvalue weighted by Crippen LogP contribution is -2.11. The van der Waals surface area contributed by atoms with E-state index in [1.165, 1.54) is 31.3 Å². The third-order valence-corrected chi connectivity index (χ3v) is 9.64. The Morgan fingerprint density at radius 3 is 2.02 bits per heavy atom. The lowest BCUT2D eigenvalue weighted by molar-refractivity contribution is 0.620. The maximum absolute atomic E-state index is 6.26. The van der Waals surface area contributed by atoms with Gasteiger partial charge in [0.15, 0.2) is 5.58 Å². The van der Waals surface area contributed by atoms with Gasteiger partial charge in [0, 0.05) is 47.8 Å². The van der Waals surface area contributed by atoms with Gasteiger partial charge in [-0.15, -0.1) is 11.3 Å². The molecule has 0 unspecified atom stereocenters. The molecule has 0 saturated carbocycles. The minimum Gasteiger partial charge on any atom is -0.436 e. The van der Waals surface area contributed by atoms with Gasteiger partial charge in [-0.25, -0.2) is 4.98 Å². The molecule has 3 nitrogen and oxygen atoms in total. The van der Waals surface area contributed by atoms with Crippen molar-refractivity contribution in [2.45, 2.75) is 0 Å². The van der Waals surface area contributed by atoms with Crippen LogP contribution in [0.5, 0.6) is 0 Å². The highest BCUT2D eigenvalue weighted by Gasteiger charge is 2.21. The smallest absolute Gasteiger partial charge is 0.227 e. The fourth-order valence-electron chi connectivity index (χ4n) is 6.42. The van der Waals surface area contributed by atoms with Crippen molar-refractivity contribution < 1.29 is 4.42 Å². The molecule has 0 aliphatic carbocycles. The molecule has 9 aromatic rings. The fourth-order valence-corrected chi connectivity index (χ4v) is 7.56. The predicted octanol–water partition coefficient (Wildman–Crippen LogP) is 12.2. The Morgan fingerprint density at radius 1 is 0.489 bits per heavy atom. The molecule has 45 heavy (non-hydrogen) atoms. The number of para-hydroxylation sites is 1. The number of anilines is 3. The van der Waals surface area contributed by atoms with E-state index < -0.39 is 0 Å². The highest BCUT2D eigenvalue weighted by atomic mass is 32.1. The maximum atomic E-state index is 6.26. The van der Waals surface area contributed by atoms with E-state index in [1.807, 2.05) is 41.7 Å². The van der Waals surface area contributed by atoms with E-state index in [2.05, 4.69) is 132 Å². The summed E-state index contributed by atoms with van der Waals surface area (Å²) < 4.78 is 8.83. The summed E-state index contributed by atoms with van der Waals surface area (Å²) in [7, 11) is 0. The van der Waals surface area contributed by atoms with Crippen LogP contribution in [0.4, 0.5) is 17.1 Å². The number of oxazole rings is 1. The summed E-state index contributed by atoms with van der Waals surface area (Å²) in [5.74, 6) is 0.630. The molecule has 0 radical (unpaired) electrons. The molecule has 4 heteroatoms. The van der Waals surface area contributed by atoms with E-state index in [9.17, 15) is 0 Å². The molecular weight excluding hydrogens is 569 g/mol. The predicted molar refractivity (Wildman–Crippen MR) is 190 cm³/mol. The van der Waals surface area contributed by atoms with Gasteiger partial charge in [0.2, 0.25) is 5.89 Å². The van der Waals surface area contributed by atoms with E-state index >= 15 is 0 Å². The van der Waals surface area contributed by atoms with Crippen LogP contribution in [0.1, 0.15) is 0 Å². The molecule has 0 amide bonds. The SMILES string of the molecule is c1ccc(-c2nc3c(ccc4c(N(c5ccc6c(c5)sc5ccccc56)c5ccccc5-c5ccccc5)cccc43)o2)cc1. The molecule has 0 fully saturated rings. The zero-order valence-corrected chi connectivity index (χ0v) is 25.0. The van der Waals surface area contributed by atoms with Crippen molar-refractivity contribution in [3.8, 4) is 22.6 Å². The molecule has 0 saturated heterocycles. The summed E-state index contributed by atoms with van der Waals surface area (Å²) in [6, 6.07) is 55.6. The third-order valence-electron chi connectivity index (χ3n) is 8.50. The third kappa shape index (κ3) is 4.30. The zero-order valence-electron chi connectivity index (χ0n) is 24.2. The molecule has 0 N–H and O–H groups in total. The molecule has 0 aliphatic rings. The Labute approximate surface area is 264 Å². The fraction of sp³-hybridized carbons (Fsp3) is 0. The minimum absolute atomic E-state index is 0.630. The van der Waals surface area contributed by atoms with Crippen LogP contribution in [0, 0.1) is 0 Å². The number of nitrogens with zero attached hydrogens (tertiary/aromatic N) is 2. The molecule has 9 rings (SSSR count). The summed E-state index contributed by atoms with van der Waals surface area (Å²) in [4.78, 5) is 7.41. The van der Waals surface area contributed by atoms with Gasteiger partial charge in [0.25, 0.3) is 0 Å². The Hall–Kier alpha value is -5.71. The van der Waals surface area contributed by atoms with Crippen LogP contribution in [0.2, 0.25) is 0 Å². The van der Waals surface area contributed by atoms with Crippen LogP contribution < -0.4 is 4.90 Å². The average Bonchev–Trinajstić information content (AvgIpc) is 3.72. The molecule has 0 atom stereocenters. The van der Waals surface area contributed by atoms with Crippen molar-refractivity contribution in [3.63, 3.8) is 0 Å². The monoisotopic (exact) mass is 594 g/mol. The Kier molecular flexibility index (Phi) is 6.00. The Morgan fingerprint density at radius 2 is 1.16 bits per heavy atom. The number of hydrogen-bond acceptors (Lipinski definition) is 4. The van der Waals surface area contributed by atoms with Crippen molar-refractivity contribution in [1.82, 2.24) is 4.98 Å². The molecule has 0 spiro atoms. The largest absolute Gasteiger partial charge is 0.436 e. The average molecular weight is 595 g/mol. The summed E-state index contributed by atoms with van der Waals surface area (Å²) >= 11 is 1.84. The second kappa shape index (κ2) is 10.5. The second-order valence-electron chi connectivity index (χ2n) is 11.2. The summed E-state index contributed by atoms with van der Waals surface area (Å²) in [5, 5.41) is 4.75. The molecule has 0 bridgehead atoms. The van der Waals surface area contributed by atoms with Gasteiger partial charge in [-0.2, -0.15) is 0 Å². The molecular formula is C41H26N2OS. The van der Waals surface area contributed by atoms with Gasteiger partial charge in [0.05, 0.1) is 11.4 Å². The number of fused-ring (bicyclic) bond motifs is 6. The first-order valence-electron chi connectivity index (χ1n) is 15.1. The van der Waals surface area contributed by atoms with Crippen LogP contribution >= 0.6 is 11.3 Å². The lowest BCUT2D eigenvalue weighted by Gasteiger charge is -2.29. The van der Waals surface area contributed by atoms with Crippen molar-refractivity contribution in [3.05, 3.63) is 158 Å². The number of thiophene rings is 1. The highest BCUT2D eigenvalue weighted by Crippen LogP contribution is 2.46. The zero-order chi connectivity index (χ0) is 29.7. The van der Waals surface area contributed by atoms with Crippen molar-refractivity contribution >= 4 is 70.4 Å². The summed E-state index contributed by atoms with van der Waals surface area (Å²) in [6.07, 6.45) is 0. The maximum Gasteiger partial charge on any atom is 0.227 e. The van der Waals surface area contributed by atoms with Crippen LogP contribution in [0.25, 0.3) is 64.6 Å². The number of rotatable bonds is 5. The minimum atomic E-state index is 0.630. The first-order chi connectivity index (χ1) is 22.3. The van der Waals surface area contributed by atoms with E-state index in [0.29, 0.717) is 5.89 Å². The van der Waals surface area contributed by atoms with Gasteiger partial charge in [-0.1, -0.05) is 103 Å². The first kappa shape index (κ1) is 25.8. The van der Waals surface area contributed by atoms with Crippen molar-refractivity contribution in [2.24, 2.45) is 0 Å². The van der Waals surface area contributed by atoms with Crippen LogP contribution in [0.15, 0.2) is 162 Å². The Bertz CT molecular complexity index is 2500. The van der Waals surface area contributed by atoms with Gasteiger partial charge in [0.1, 0.15) is 5.52 Å². The number of hydrogen-bond donors (Lipinski definition) is 0. The van der Waals surface area contributed by atoms with Gasteiger partial charge < -0.3 is 9.32 Å². The van der Waals surface area contributed by atoms with E-state index in [0.717, 1.165) is 44.5 Å². The normalized spacial score (nSPS) is 11.6. The van der Waals surface area contributed by atoms with E-state index in [-0.39, 0.29) is 0 Å². The van der Waals surface area contributed by atoms with Crippen LogP contribution in [-0.2, 0) is 0 Å². The molecule has 0 aliphatic heterocycles. The summed E-state index contributed by atoms with van der Waals surface area (Å²) in [5.41, 5.74) is 8.26. The van der Waals surface area contributed by atoms with Crippen molar-refractivity contribution in [1.29, 1.82) is 0 Å². The first-order valence-corrected chi connectivity index (χ1v) is 15.9. The molecule has 212 valence electrons. The quantitative estimate of drug-likeness (QED) is 0.198. The second-order valence-corrected chi connectivity index (χ2v) is 12.3. The topological polar surface area (TPSA) is 29.3 Å². The summed E-state index contributed by atoms with van der Waals surface area (Å²) in [6.45, 7) is 0. The molecule has 2 aromatic heterocycles. The van der Waals surface area contributed by atoms with E-state index in [1.54, 1.807) is 0 Å². The highest BCUT2D eigenvalue weighted by molar-refractivity contribution is 7.25. The molecule has 7 aromatic carbocycles. The Balaban J connectivity index is 1.31. The van der Waals surface area contributed by atoms with Crippen LogP contribution in [-0.4, -0.2) is 4.98 Å². The standard InChI is InChI=1S/C41H26N2OS/c1-3-12-27(13-4-1)30-16-7-9-19-35(30)43(29-22-23-33-32-17-8-10-21-38(32)45-39(33)26-29)36-20-11-18-34-31(36)24-25-37-40(34)42-41(44-37)28-14-5-2-6-15-28/h1-26H. The van der Waals surface area contributed by atoms with Gasteiger partial charge in [-0.05, 0) is 60.2 Å². The van der Waals surface area contributed by atoms with Crippen LogP contribution in [0.3, 0.4) is 0 Å².